The highest BCUT2D eigenvalue weighted by atomic mass is 16.3. The van der Waals surface area contributed by atoms with Gasteiger partial charge < -0.3 is 19.9 Å². The first kappa shape index (κ1) is 25.7. The number of imide groups is 1. The molecule has 2 aliphatic heterocycles. The molecule has 2 amide bonds. The SMILES string of the molecule is Cc1ccoc1C(=O)N1C(=O)/C(=C(\Nc2ccc(CN3CCCCC3)cc2)c2occc2C)c2ccc(N)cc21. The number of rotatable bonds is 6. The standard InChI is InChI=1S/C32H32N4O4/c1-20-12-16-39-29(20)28(34-24-9-6-22(7-10-24)19-35-14-4-3-5-15-35)27-25-11-8-23(33)18-26(25)36(31(27)37)32(38)30-21(2)13-17-40-30/h6-13,16-18,34H,3-5,14-15,19,33H2,1-2H3/b28-27-. The van der Waals surface area contributed by atoms with Gasteiger partial charge in [0.2, 0.25) is 0 Å². The van der Waals surface area contributed by atoms with Crippen LogP contribution in [0.15, 0.2) is 76.0 Å². The Bertz CT molecular complexity index is 1610. The minimum absolute atomic E-state index is 0.107. The lowest BCUT2D eigenvalue weighted by Gasteiger charge is -2.26. The van der Waals surface area contributed by atoms with E-state index in [1.54, 1.807) is 37.5 Å². The molecule has 2 aromatic heterocycles. The molecule has 4 heterocycles. The van der Waals surface area contributed by atoms with E-state index in [1.807, 2.05) is 25.1 Å². The number of nitrogens with zero attached hydrogens (tertiary/aromatic N) is 2. The van der Waals surface area contributed by atoms with E-state index in [2.05, 4.69) is 22.3 Å². The number of carbonyl (C=O) groups excluding carboxylic acids is 2. The van der Waals surface area contributed by atoms with Crippen molar-refractivity contribution in [3.8, 4) is 0 Å². The predicted octanol–water partition coefficient (Wildman–Crippen LogP) is 6.22. The minimum Gasteiger partial charge on any atom is -0.462 e. The van der Waals surface area contributed by atoms with Gasteiger partial charge in [0, 0.05) is 29.0 Å². The van der Waals surface area contributed by atoms with E-state index in [0.29, 0.717) is 39.5 Å². The van der Waals surface area contributed by atoms with Crippen LogP contribution < -0.4 is 16.0 Å². The summed E-state index contributed by atoms with van der Waals surface area (Å²) in [6, 6.07) is 16.9. The van der Waals surface area contributed by atoms with Crippen LogP contribution in [0.25, 0.3) is 11.3 Å². The molecule has 0 unspecified atom stereocenters. The van der Waals surface area contributed by atoms with E-state index in [1.165, 1.54) is 31.1 Å². The van der Waals surface area contributed by atoms with Crippen molar-refractivity contribution in [1.29, 1.82) is 0 Å². The summed E-state index contributed by atoms with van der Waals surface area (Å²) in [6.45, 7) is 6.87. The molecule has 40 heavy (non-hydrogen) atoms. The molecular weight excluding hydrogens is 504 g/mol. The van der Waals surface area contributed by atoms with Gasteiger partial charge in [0.25, 0.3) is 5.91 Å². The summed E-state index contributed by atoms with van der Waals surface area (Å²) in [5, 5.41) is 3.45. The number of nitrogens with one attached hydrogen (secondary N) is 1. The molecule has 8 nitrogen and oxygen atoms in total. The van der Waals surface area contributed by atoms with Crippen molar-refractivity contribution in [2.24, 2.45) is 0 Å². The second kappa shape index (κ2) is 10.5. The van der Waals surface area contributed by atoms with Gasteiger partial charge in [-0.05, 0) is 93.4 Å². The molecule has 0 saturated carbocycles. The van der Waals surface area contributed by atoms with Crippen molar-refractivity contribution >= 4 is 40.1 Å². The number of fused-ring (bicyclic) bond motifs is 1. The van der Waals surface area contributed by atoms with Gasteiger partial charge in [-0.15, -0.1) is 0 Å². The maximum Gasteiger partial charge on any atom is 0.301 e. The van der Waals surface area contributed by atoms with Gasteiger partial charge in [-0.2, -0.15) is 0 Å². The van der Waals surface area contributed by atoms with Gasteiger partial charge in [0.15, 0.2) is 11.5 Å². The van der Waals surface area contributed by atoms with E-state index < -0.39 is 11.8 Å². The zero-order valence-electron chi connectivity index (χ0n) is 22.7. The largest absolute Gasteiger partial charge is 0.462 e. The van der Waals surface area contributed by atoms with Crippen molar-refractivity contribution < 1.29 is 18.4 Å². The number of hydrogen-bond donors (Lipinski definition) is 2. The second-order valence-corrected chi connectivity index (χ2v) is 10.5. The molecule has 1 saturated heterocycles. The van der Waals surface area contributed by atoms with E-state index in [-0.39, 0.29) is 5.76 Å². The summed E-state index contributed by atoms with van der Waals surface area (Å²) in [6.07, 6.45) is 6.83. The fourth-order valence-electron chi connectivity index (χ4n) is 5.49. The maximum atomic E-state index is 14.1. The Balaban J connectivity index is 1.41. The Morgan fingerprint density at radius 3 is 2.23 bits per heavy atom. The van der Waals surface area contributed by atoms with E-state index in [9.17, 15) is 9.59 Å². The fraction of sp³-hybridized carbons (Fsp3) is 0.250. The molecule has 8 heteroatoms. The van der Waals surface area contributed by atoms with Gasteiger partial charge >= 0.3 is 5.91 Å². The summed E-state index contributed by atoms with van der Waals surface area (Å²) in [5.41, 5.74) is 11.9. The molecule has 2 aromatic carbocycles. The molecule has 0 radical (unpaired) electrons. The number of carbonyl (C=O) groups is 2. The maximum absolute atomic E-state index is 14.1. The fourth-order valence-corrected chi connectivity index (χ4v) is 5.49. The number of amides is 2. The molecule has 0 aliphatic carbocycles. The van der Waals surface area contributed by atoms with Crippen LogP contribution >= 0.6 is 0 Å². The van der Waals surface area contributed by atoms with E-state index in [4.69, 9.17) is 14.6 Å². The Morgan fingerprint density at radius 1 is 0.900 bits per heavy atom. The van der Waals surface area contributed by atoms with Crippen LogP contribution in [-0.2, 0) is 11.3 Å². The summed E-state index contributed by atoms with van der Waals surface area (Å²) in [7, 11) is 0. The molecule has 0 spiro atoms. The van der Waals surface area contributed by atoms with Crippen LogP contribution in [0.3, 0.4) is 0 Å². The second-order valence-electron chi connectivity index (χ2n) is 10.5. The van der Waals surface area contributed by atoms with Gasteiger partial charge in [-0.1, -0.05) is 18.6 Å². The zero-order chi connectivity index (χ0) is 27.8. The van der Waals surface area contributed by atoms with E-state index >= 15 is 0 Å². The third-order valence-electron chi connectivity index (χ3n) is 7.63. The van der Waals surface area contributed by atoms with Crippen molar-refractivity contribution in [2.75, 3.05) is 29.0 Å². The predicted molar refractivity (Wildman–Crippen MR) is 156 cm³/mol. The minimum atomic E-state index is -0.549. The third kappa shape index (κ3) is 4.71. The van der Waals surface area contributed by atoms with Gasteiger partial charge in [0.1, 0.15) is 0 Å². The smallest absolute Gasteiger partial charge is 0.301 e. The summed E-state index contributed by atoms with van der Waals surface area (Å²) in [4.78, 5) is 31.3. The zero-order valence-corrected chi connectivity index (χ0v) is 22.7. The van der Waals surface area contributed by atoms with Crippen LogP contribution in [0.4, 0.5) is 17.1 Å². The van der Waals surface area contributed by atoms with Crippen LogP contribution in [0.1, 0.15) is 57.8 Å². The lowest BCUT2D eigenvalue weighted by atomic mass is 10.0. The average Bonchev–Trinajstić information content (AvgIpc) is 3.65. The number of nitrogens with two attached hydrogens (primary N) is 1. The first-order valence-electron chi connectivity index (χ1n) is 13.6. The number of aryl methyl sites for hydroxylation is 2. The Labute approximate surface area is 233 Å². The van der Waals surface area contributed by atoms with Crippen molar-refractivity contribution in [3.63, 3.8) is 0 Å². The highest BCUT2D eigenvalue weighted by molar-refractivity contribution is 6.45. The Kier molecular flexibility index (Phi) is 6.77. The summed E-state index contributed by atoms with van der Waals surface area (Å²) >= 11 is 0. The number of hydrogen-bond acceptors (Lipinski definition) is 7. The number of furan rings is 2. The molecule has 2 aliphatic rings. The quantitative estimate of drug-likeness (QED) is 0.171. The topological polar surface area (TPSA) is 105 Å². The van der Waals surface area contributed by atoms with Crippen LogP contribution in [0.2, 0.25) is 0 Å². The monoisotopic (exact) mass is 536 g/mol. The van der Waals surface area contributed by atoms with Crippen LogP contribution in [0.5, 0.6) is 0 Å². The van der Waals surface area contributed by atoms with Crippen molar-refractivity contribution in [3.05, 3.63) is 101 Å². The number of anilines is 3. The molecule has 204 valence electrons. The number of nitrogen functional groups attached to an aromatic ring is 1. The first-order valence-corrected chi connectivity index (χ1v) is 13.6. The summed E-state index contributed by atoms with van der Waals surface area (Å²) in [5.74, 6) is -0.406. The average molecular weight is 537 g/mol. The molecular formula is C32H32N4O4. The lowest BCUT2D eigenvalue weighted by Crippen LogP contribution is -2.34. The van der Waals surface area contributed by atoms with Gasteiger partial charge in [-0.3, -0.25) is 14.5 Å². The Morgan fingerprint density at radius 2 is 1.57 bits per heavy atom. The first-order chi connectivity index (χ1) is 19.4. The third-order valence-corrected chi connectivity index (χ3v) is 7.63. The number of likely N-dealkylation sites (tertiary alicyclic amines) is 1. The summed E-state index contributed by atoms with van der Waals surface area (Å²) < 4.78 is 11.3. The molecule has 4 aromatic rings. The van der Waals surface area contributed by atoms with Crippen molar-refractivity contribution in [1.82, 2.24) is 4.90 Å². The number of piperidine rings is 1. The van der Waals surface area contributed by atoms with Crippen LogP contribution in [-0.4, -0.2) is 29.8 Å². The van der Waals surface area contributed by atoms with Gasteiger partial charge in [-0.25, -0.2) is 4.90 Å². The highest BCUT2D eigenvalue weighted by Crippen LogP contribution is 2.43. The van der Waals surface area contributed by atoms with Gasteiger partial charge in [0.05, 0.1) is 29.5 Å². The Hall–Kier alpha value is -4.56. The lowest BCUT2D eigenvalue weighted by molar-refractivity contribution is -0.112. The van der Waals surface area contributed by atoms with Crippen molar-refractivity contribution in [2.45, 2.75) is 39.7 Å². The molecule has 1 fully saturated rings. The molecule has 0 atom stereocenters. The molecule has 3 N–H and O–H groups in total. The number of benzene rings is 2. The molecule has 0 bridgehead atoms. The molecule has 6 rings (SSSR count). The highest BCUT2D eigenvalue weighted by Gasteiger charge is 2.41. The van der Waals surface area contributed by atoms with Crippen LogP contribution in [0, 0.1) is 13.8 Å². The normalized spacial score (nSPS) is 16.8. The van der Waals surface area contributed by atoms with E-state index in [0.717, 1.165) is 35.8 Å².